The number of amidine groups is 1. The van der Waals surface area contributed by atoms with Crippen LogP contribution in [0.1, 0.15) is 6.92 Å². The molecule has 3 heteroatoms. The highest BCUT2D eigenvalue weighted by molar-refractivity contribution is 5.74. The van der Waals surface area contributed by atoms with Crippen LogP contribution < -0.4 is 0 Å². The molecule has 0 atom stereocenters. The van der Waals surface area contributed by atoms with E-state index in [-0.39, 0.29) is 0 Å². The SMILES string of the molecule is CON(C)C(C)=N. The van der Waals surface area contributed by atoms with Gasteiger partial charge in [-0.25, -0.2) is 5.06 Å². The Morgan fingerprint density at radius 3 is 2.14 bits per heavy atom. The topological polar surface area (TPSA) is 36.3 Å². The summed E-state index contributed by atoms with van der Waals surface area (Å²) >= 11 is 0. The quantitative estimate of drug-likeness (QED) is 0.297. The van der Waals surface area contributed by atoms with Crippen LogP contribution in [0.15, 0.2) is 0 Å². The van der Waals surface area contributed by atoms with Crippen molar-refractivity contribution in [3.8, 4) is 0 Å². The molecule has 0 aliphatic carbocycles. The van der Waals surface area contributed by atoms with Gasteiger partial charge in [0.15, 0.2) is 0 Å². The van der Waals surface area contributed by atoms with Gasteiger partial charge in [0.05, 0.1) is 7.11 Å². The molecule has 0 aliphatic rings. The Kier molecular flexibility index (Phi) is 2.37. The molecule has 3 nitrogen and oxygen atoms in total. The first-order chi connectivity index (χ1) is 3.18. The fourth-order valence-electron chi connectivity index (χ4n) is 0.137. The number of nitrogens with zero attached hydrogens (tertiary/aromatic N) is 1. The van der Waals surface area contributed by atoms with E-state index in [1.165, 1.54) is 12.2 Å². The highest BCUT2D eigenvalue weighted by Crippen LogP contribution is 1.79. The average molecular weight is 102 g/mol. The standard InChI is InChI=1S/C4H10N2O/c1-4(5)6(2)7-3/h5H,1-3H3. The predicted molar refractivity (Wildman–Crippen MR) is 28.2 cm³/mol. The second-order valence-electron chi connectivity index (χ2n) is 1.27. The molecule has 0 aromatic carbocycles. The minimum absolute atomic E-state index is 0.405. The predicted octanol–water partition coefficient (Wildman–Crippen LogP) is 0.477. The lowest BCUT2D eigenvalue weighted by Crippen LogP contribution is -2.21. The molecule has 7 heavy (non-hydrogen) atoms. The first-order valence-corrected chi connectivity index (χ1v) is 2.01. The third-order valence-electron chi connectivity index (χ3n) is 0.746. The van der Waals surface area contributed by atoms with E-state index in [2.05, 4.69) is 4.84 Å². The van der Waals surface area contributed by atoms with E-state index in [9.17, 15) is 0 Å². The van der Waals surface area contributed by atoms with E-state index in [0.717, 1.165) is 0 Å². The third kappa shape index (κ3) is 2.17. The van der Waals surface area contributed by atoms with E-state index in [0.29, 0.717) is 5.84 Å². The van der Waals surface area contributed by atoms with E-state index >= 15 is 0 Å². The van der Waals surface area contributed by atoms with Crippen LogP contribution in [0.2, 0.25) is 0 Å². The van der Waals surface area contributed by atoms with Gasteiger partial charge in [0, 0.05) is 7.05 Å². The lowest BCUT2D eigenvalue weighted by molar-refractivity contribution is -0.0430. The van der Waals surface area contributed by atoms with Gasteiger partial charge in [-0.05, 0) is 6.92 Å². The van der Waals surface area contributed by atoms with Crippen molar-refractivity contribution in [3.05, 3.63) is 0 Å². The van der Waals surface area contributed by atoms with Gasteiger partial charge in [0.1, 0.15) is 5.84 Å². The summed E-state index contributed by atoms with van der Waals surface area (Å²) in [6, 6.07) is 0. The van der Waals surface area contributed by atoms with Crippen LogP contribution in [-0.2, 0) is 4.84 Å². The molecule has 0 amide bonds. The molecule has 0 aromatic rings. The number of hydroxylamine groups is 2. The van der Waals surface area contributed by atoms with Crippen molar-refractivity contribution in [2.45, 2.75) is 6.92 Å². The van der Waals surface area contributed by atoms with Crippen LogP contribution in [0.4, 0.5) is 0 Å². The normalized spacial score (nSPS) is 8.43. The molecule has 0 saturated carbocycles. The van der Waals surface area contributed by atoms with Gasteiger partial charge in [0.2, 0.25) is 0 Å². The van der Waals surface area contributed by atoms with E-state index in [4.69, 9.17) is 5.41 Å². The molecule has 0 bridgehead atoms. The third-order valence-corrected chi connectivity index (χ3v) is 0.746. The Morgan fingerprint density at radius 2 is 2.14 bits per heavy atom. The maximum Gasteiger partial charge on any atom is 0.117 e. The number of hydrogen-bond acceptors (Lipinski definition) is 2. The fraction of sp³-hybridized carbons (Fsp3) is 0.750. The summed E-state index contributed by atoms with van der Waals surface area (Å²) in [7, 11) is 3.21. The molecule has 0 unspecified atom stereocenters. The fourth-order valence-corrected chi connectivity index (χ4v) is 0.137. The molecule has 0 aliphatic heterocycles. The van der Waals surface area contributed by atoms with Gasteiger partial charge in [-0.3, -0.25) is 10.2 Å². The summed E-state index contributed by atoms with van der Waals surface area (Å²) in [4.78, 5) is 4.62. The van der Waals surface area contributed by atoms with Crippen LogP contribution in [0, 0.1) is 5.41 Å². The monoisotopic (exact) mass is 102 g/mol. The summed E-state index contributed by atoms with van der Waals surface area (Å²) in [5, 5.41) is 8.28. The highest BCUT2D eigenvalue weighted by Gasteiger charge is 1.90. The molecular weight excluding hydrogens is 92.1 g/mol. The Balaban J connectivity index is 3.34. The first kappa shape index (κ1) is 6.43. The maximum atomic E-state index is 6.90. The number of rotatable bonds is 1. The maximum absolute atomic E-state index is 6.90. The molecule has 0 fully saturated rings. The van der Waals surface area contributed by atoms with Crippen molar-refractivity contribution in [1.82, 2.24) is 5.06 Å². The Bertz CT molecular complexity index is 72.1. The van der Waals surface area contributed by atoms with Gasteiger partial charge >= 0.3 is 0 Å². The van der Waals surface area contributed by atoms with Crippen LogP contribution in [0.25, 0.3) is 0 Å². The molecular formula is C4H10N2O. The summed E-state index contributed by atoms with van der Waals surface area (Å²) in [5.74, 6) is 0.405. The number of hydrogen-bond donors (Lipinski definition) is 1. The van der Waals surface area contributed by atoms with Gasteiger partial charge in [-0.1, -0.05) is 0 Å². The van der Waals surface area contributed by atoms with Crippen LogP contribution in [-0.4, -0.2) is 25.1 Å². The van der Waals surface area contributed by atoms with E-state index < -0.39 is 0 Å². The van der Waals surface area contributed by atoms with Crippen molar-refractivity contribution < 1.29 is 4.84 Å². The molecule has 0 spiro atoms. The molecule has 0 aromatic heterocycles. The zero-order valence-electron chi connectivity index (χ0n) is 4.86. The first-order valence-electron chi connectivity index (χ1n) is 2.01. The van der Waals surface area contributed by atoms with Crippen molar-refractivity contribution >= 4 is 5.84 Å². The Morgan fingerprint density at radius 1 is 1.71 bits per heavy atom. The Labute approximate surface area is 43.3 Å². The second kappa shape index (κ2) is 2.58. The van der Waals surface area contributed by atoms with Gasteiger partial charge in [-0.15, -0.1) is 0 Å². The van der Waals surface area contributed by atoms with Crippen molar-refractivity contribution in [1.29, 1.82) is 5.41 Å². The second-order valence-corrected chi connectivity index (χ2v) is 1.27. The van der Waals surface area contributed by atoms with Crippen LogP contribution in [0.5, 0.6) is 0 Å². The number of nitrogens with one attached hydrogen (secondary N) is 1. The van der Waals surface area contributed by atoms with Crippen molar-refractivity contribution in [3.63, 3.8) is 0 Å². The smallest absolute Gasteiger partial charge is 0.117 e. The molecule has 0 radical (unpaired) electrons. The molecule has 42 valence electrons. The summed E-state index contributed by atoms with van der Waals surface area (Å²) in [6.45, 7) is 1.66. The minimum Gasteiger partial charge on any atom is -0.287 e. The zero-order valence-corrected chi connectivity index (χ0v) is 4.86. The van der Waals surface area contributed by atoms with E-state index in [1.54, 1.807) is 14.0 Å². The largest absolute Gasteiger partial charge is 0.287 e. The lowest BCUT2D eigenvalue weighted by Gasteiger charge is -2.11. The summed E-state index contributed by atoms with van der Waals surface area (Å²) in [6.07, 6.45) is 0. The summed E-state index contributed by atoms with van der Waals surface area (Å²) in [5.41, 5.74) is 0. The molecule has 1 N–H and O–H groups in total. The van der Waals surface area contributed by atoms with Gasteiger partial charge in [-0.2, -0.15) is 0 Å². The zero-order chi connectivity index (χ0) is 5.86. The lowest BCUT2D eigenvalue weighted by atomic mass is 10.7. The molecule has 0 heterocycles. The molecule has 0 rings (SSSR count). The van der Waals surface area contributed by atoms with Gasteiger partial charge < -0.3 is 0 Å². The van der Waals surface area contributed by atoms with Gasteiger partial charge in [0.25, 0.3) is 0 Å². The average Bonchev–Trinajstić information content (AvgIpc) is 1.65. The van der Waals surface area contributed by atoms with Crippen molar-refractivity contribution in [2.24, 2.45) is 0 Å². The van der Waals surface area contributed by atoms with E-state index in [1.807, 2.05) is 0 Å². The highest BCUT2D eigenvalue weighted by atomic mass is 16.7. The van der Waals surface area contributed by atoms with Crippen LogP contribution in [0.3, 0.4) is 0 Å². The summed E-state index contributed by atoms with van der Waals surface area (Å²) < 4.78 is 0. The molecule has 0 saturated heterocycles. The van der Waals surface area contributed by atoms with Crippen LogP contribution >= 0.6 is 0 Å². The Hall–Kier alpha value is -0.570. The van der Waals surface area contributed by atoms with Crippen molar-refractivity contribution in [2.75, 3.05) is 14.2 Å². The minimum atomic E-state index is 0.405.